The fourth-order valence-electron chi connectivity index (χ4n) is 2.37. The minimum atomic E-state index is -0.888. The lowest BCUT2D eigenvalue weighted by atomic mass is 10.0. The fraction of sp³-hybridized carbons (Fsp3) is 0.176. The lowest BCUT2D eigenvalue weighted by molar-refractivity contribution is 0.192. The van der Waals surface area contributed by atoms with Crippen LogP contribution in [0.1, 0.15) is 28.6 Å². The van der Waals surface area contributed by atoms with Gasteiger partial charge in [0.05, 0.1) is 0 Å². The molecule has 0 radical (unpaired) electrons. The molecule has 20 heavy (non-hydrogen) atoms. The van der Waals surface area contributed by atoms with E-state index in [-0.39, 0.29) is 5.82 Å². The Bertz CT molecular complexity index is 774. The van der Waals surface area contributed by atoms with Crippen LogP contribution in [-0.4, -0.2) is 5.11 Å². The minimum absolute atomic E-state index is 0.276. The van der Waals surface area contributed by atoms with Crippen molar-refractivity contribution in [1.29, 1.82) is 0 Å². The molecule has 102 valence electrons. The highest BCUT2D eigenvalue weighted by Gasteiger charge is 2.17. The van der Waals surface area contributed by atoms with Crippen molar-refractivity contribution in [1.82, 2.24) is 0 Å². The van der Waals surface area contributed by atoms with E-state index in [1.54, 1.807) is 19.1 Å². The fourth-order valence-corrected chi connectivity index (χ4v) is 2.37. The second-order valence-electron chi connectivity index (χ2n) is 5.05. The van der Waals surface area contributed by atoms with Gasteiger partial charge < -0.3 is 9.52 Å². The Kier molecular flexibility index (Phi) is 3.07. The van der Waals surface area contributed by atoms with Gasteiger partial charge >= 0.3 is 0 Å². The molecule has 0 aliphatic rings. The highest BCUT2D eigenvalue weighted by Crippen LogP contribution is 2.30. The normalized spacial score (nSPS) is 12.8. The number of aliphatic hydroxyl groups excluding tert-OH is 1. The molecule has 1 atom stereocenters. The topological polar surface area (TPSA) is 33.4 Å². The lowest BCUT2D eigenvalue weighted by Crippen LogP contribution is -1.99. The van der Waals surface area contributed by atoms with Crippen molar-refractivity contribution in [3.05, 3.63) is 70.7 Å². The molecule has 3 rings (SSSR count). The molecule has 0 aliphatic heterocycles. The first-order chi connectivity index (χ1) is 9.56. The SMILES string of the molecule is Cc1cc(C(O)c2cc3cccc(C)c3o2)ccc1F. The van der Waals surface area contributed by atoms with Crippen molar-refractivity contribution in [2.75, 3.05) is 0 Å². The van der Waals surface area contributed by atoms with Crippen molar-refractivity contribution in [3.8, 4) is 0 Å². The molecular weight excluding hydrogens is 255 g/mol. The van der Waals surface area contributed by atoms with Gasteiger partial charge in [0.25, 0.3) is 0 Å². The van der Waals surface area contributed by atoms with E-state index >= 15 is 0 Å². The lowest BCUT2D eigenvalue weighted by Gasteiger charge is -2.09. The number of furan rings is 1. The maximum Gasteiger partial charge on any atom is 0.138 e. The zero-order valence-corrected chi connectivity index (χ0v) is 11.4. The molecular formula is C17H15FO2. The van der Waals surface area contributed by atoms with E-state index in [1.807, 2.05) is 31.2 Å². The van der Waals surface area contributed by atoms with Crippen molar-refractivity contribution in [3.63, 3.8) is 0 Å². The number of rotatable bonds is 2. The first-order valence-electron chi connectivity index (χ1n) is 6.49. The van der Waals surface area contributed by atoms with Gasteiger partial charge in [-0.1, -0.05) is 30.3 Å². The Morgan fingerprint density at radius 3 is 2.55 bits per heavy atom. The van der Waals surface area contributed by atoms with Crippen LogP contribution in [0.2, 0.25) is 0 Å². The smallest absolute Gasteiger partial charge is 0.138 e. The van der Waals surface area contributed by atoms with Gasteiger partial charge in [-0.2, -0.15) is 0 Å². The summed E-state index contributed by atoms with van der Waals surface area (Å²) in [6, 6.07) is 12.3. The zero-order valence-electron chi connectivity index (χ0n) is 11.4. The van der Waals surface area contributed by atoms with E-state index in [4.69, 9.17) is 4.42 Å². The summed E-state index contributed by atoms with van der Waals surface area (Å²) >= 11 is 0. The Labute approximate surface area is 116 Å². The van der Waals surface area contributed by atoms with Crippen LogP contribution in [0.25, 0.3) is 11.0 Å². The molecule has 0 aliphatic carbocycles. The van der Waals surface area contributed by atoms with Gasteiger partial charge in [0, 0.05) is 5.39 Å². The van der Waals surface area contributed by atoms with E-state index in [2.05, 4.69) is 0 Å². The third kappa shape index (κ3) is 2.10. The van der Waals surface area contributed by atoms with Crippen molar-refractivity contribution >= 4 is 11.0 Å². The summed E-state index contributed by atoms with van der Waals surface area (Å²) in [5.41, 5.74) is 2.94. The monoisotopic (exact) mass is 270 g/mol. The number of aryl methyl sites for hydroxylation is 2. The molecule has 2 aromatic carbocycles. The summed E-state index contributed by atoms with van der Waals surface area (Å²) in [5, 5.41) is 11.3. The Morgan fingerprint density at radius 1 is 1.05 bits per heavy atom. The van der Waals surface area contributed by atoms with Crippen molar-refractivity contribution in [2.24, 2.45) is 0 Å². The average molecular weight is 270 g/mol. The van der Waals surface area contributed by atoms with Crippen molar-refractivity contribution < 1.29 is 13.9 Å². The van der Waals surface area contributed by atoms with E-state index in [0.717, 1.165) is 16.5 Å². The second kappa shape index (κ2) is 4.76. The van der Waals surface area contributed by atoms with Gasteiger partial charge in [-0.05, 0) is 42.7 Å². The third-order valence-corrected chi connectivity index (χ3v) is 3.53. The van der Waals surface area contributed by atoms with Crippen LogP contribution < -0.4 is 0 Å². The Balaban J connectivity index is 2.05. The van der Waals surface area contributed by atoms with E-state index in [0.29, 0.717) is 16.9 Å². The van der Waals surface area contributed by atoms with E-state index < -0.39 is 6.10 Å². The first kappa shape index (κ1) is 12.9. The summed E-state index contributed by atoms with van der Waals surface area (Å²) < 4.78 is 19.0. The van der Waals surface area contributed by atoms with Gasteiger partial charge in [0.2, 0.25) is 0 Å². The largest absolute Gasteiger partial charge is 0.458 e. The molecule has 1 aromatic heterocycles. The number of para-hydroxylation sites is 1. The molecule has 2 nitrogen and oxygen atoms in total. The molecule has 0 spiro atoms. The van der Waals surface area contributed by atoms with Crippen LogP contribution in [0.4, 0.5) is 4.39 Å². The highest BCUT2D eigenvalue weighted by atomic mass is 19.1. The predicted octanol–water partition coefficient (Wildman–Crippen LogP) is 4.27. The van der Waals surface area contributed by atoms with E-state index in [1.165, 1.54) is 6.07 Å². The van der Waals surface area contributed by atoms with Gasteiger partial charge in [-0.15, -0.1) is 0 Å². The molecule has 0 saturated heterocycles. The summed E-state index contributed by atoms with van der Waals surface area (Å²) in [7, 11) is 0. The maximum absolute atomic E-state index is 13.3. The van der Waals surface area contributed by atoms with Crippen LogP contribution in [0.15, 0.2) is 46.9 Å². The van der Waals surface area contributed by atoms with Gasteiger partial charge in [-0.3, -0.25) is 0 Å². The predicted molar refractivity (Wildman–Crippen MR) is 76.1 cm³/mol. The van der Waals surface area contributed by atoms with Crippen LogP contribution >= 0.6 is 0 Å². The second-order valence-corrected chi connectivity index (χ2v) is 5.05. The summed E-state index contributed by atoms with van der Waals surface area (Å²) in [6.07, 6.45) is -0.888. The quantitative estimate of drug-likeness (QED) is 0.754. The van der Waals surface area contributed by atoms with Gasteiger partial charge in [0.15, 0.2) is 0 Å². The standard InChI is InChI=1S/C17H15FO2/c1-10-4-3-5-13-9-15(20-17(10)13)16(19)12-6-7-14(18)11(2)8-12/h3-9,16,19H,1-2H3. The molecule has 0 amide bonds. The number of halogens is 1. The third-order valence-electron chi connectivity index (χ3n) is 3.53. The van der Waals surface area contributed by atoms with E-state index in [9.17, 15) is 9.50 Å². The maximum atomic E-state index is 13.3. The molecule has 0 fully saturated rings. The molecule has 1 unspecified atom stereocenters. The average Bonchev–Trinajstić information content (AvgIpc) is 2.86. The minimum Gasteiger partial charge on any atom is -0.458 e. The summed E-state index contributed by atoms with van der Waals surface area (Å²) in [6.45, 7) is 3.64. The van der Waals surface area contributed by atoms with Crippen LogP contribution in [0.3, 0.4) is 0 Å². The Hall–Kier alpha value is -2.13. The van der Waals surface area contributed by atoms with Crippen molar-refractivity contribution in [2.45, 2.75) is 20.0 Å². The molecule has 3 aromatic rings. The summed E-state index contributed by atoms with van der Waals surface area (Å²) in [5.74, 6) is 0.196. The number of aliphatic hydroxyl groups is 1. The summed E-state index contributed by atoms with van der Waals surface area (Å²) in [4.78, 5) is 0. The number of fused-ring (bicyclic) bond motifs is 1. The van der Waals surface area contributed by atoms with Crippen LogP contribution in [0, 0.1) is 19.7 Å². The van der Waals surface area contributed by atoms with Crippen LogP contribution in [-0.2, 0) is 0 Å². The molecule has 0 saturated carbocycles. The molecule has 3 heteroatoms. The highest BCUT2D eigenvalue weighted by molar-refractivity contribution is 5.81. The molecule has 1 heterocycles. The number of hydrogen-bond acceptors (Lipinski definition) is 2. The molecule has 1 N–H and O–H groups in total. The first-order valence-corrected chi connectivity index (χ1v) is 6.49. The zero-order chi connectivity index (χ0) is 14.3. The van der Waals surface area contributed by atoms with Gasteiger partial charge in [-0.25, -0.2) is 4.39 Å². The number of hydrogen-bond donors (Lipinski definition) is 1. The van der Waals surface area contributed by atoms with Gasteiger partial charge in [0.1, 0.15) is 23.3 Å². The van der Waals surface area contributed by atoms with Crippen LogP contribution in [0.5, 0.6) is 0 Å². The molecule has 0 bridgehead atoms. The Morgan fingerprint density at radius 2 is 1.85 bits per heavy atom. The number of benzene rings is 2.